The van der Waals surface area contributed by atoms with Crippen molar-refractivity contribution < 1.29 is 0 Å². The Bertz CT molecular complexity index is 748. The quantitative estimate of drug-likeness (QED) is 0.698. The minimum Gasteiger partial charge on any atom is -0.347 e. The number of aromatic nitrogens is 1. The van der Waals surface area contributed by atoms with E-state index in [2.05, 4.69) is 59.3 Å². The molecule has 0 spiro atoms. The Labute approximate surface area is 118 Å². The maximum absolute atomic E-state index is 8.94. The van der Waals surface area contributed by atoms with E-state index in [1.54, 1.807) is 0 Å². The van der Waals surface area contributed by atoms with Gasteiger partial charge in [0.2, 0.25) is 0 Å². The number of rotatable bonds is 4. The molecule has 3 rings (SSSR count). The first-order chi connectivity index (χ1) is 9.88. The van der Waals surface area contributed by atoms with Crippen molar-refractivity contribution in [2.45, 2.75) is 19.4 Å². The van der Waals surface area contributed by atoms with Crippen LogP contribution in [0.5, 0.6) is 0 Å². The fourth-order valence-electron chi connectivity index (χ4n) is 2.63. The van der Waals surface area contributed by atoms with Gasteiger partial charge in [-0.15, -0.1) is 0 Å². The fraction of sp³-hybridized carbons (Fsp3) is 0.167. The van der Waals surface area contributed by atoms with Gasteiger partial charge in [-0.3, -0.25) is 0 Å². The van der Waals surface area contributed by atoms with Crippen LogP contribution in [0.2, 0.25) is 0 Å². The van der Waals surface area contributed by atoms with Gasteiger partial charge in [-0.05, 0) is 23.6 Å². The maximum Gasteiger partial charge on any atom is 0.0670 e. The Kier molecular flexibility index (Phi) is 3.52. The largest absolute Gasteiger partial charge is 0.347 e. The lowest BCUT2D eigenvalue weighted by molar-refractivity contribution is 0.721. The van der Waals surface area contributed by atoms with Gasteiger partial charge in [0.25, 0.3) is 0 Å². The highest BCUT2D eigenvalue weighted by Crippen LogP contribution is 2.22. The summed E-state index contributed by atoms with van der Waals surface area (Å²) < 4.78 is 2.26. The number of hydrogen-bond donors (Lipinski definition) is 0. The second kappa shape index (κ2) is 5.63. The van der Waals surface area contributed by atoms with Gasteiger partial charge in [0.15, 0.2) is 0 Å². The summed E-state index contributed by atoms with van der Waals surface area (Å²) in [6, 6.07) is 21.1. The van der Waals surface area contributed by atoms with E-state index in [1.807, 2.05) is 12.1 Å². The van der Waals surface area contributed by atoms with Crippen molar-refractivity contribution in [1.82, 2.24) is 4.57 Å². The summed E-state index contributed by atoms with van der Waals surface area (Å²) >= 11 is 0. The van der Waals surface area contributed by atoms with E-state index in [0.29, 0.717) is 6.42 Å². The Morgan fingerprint density at radius 2 is 1.70 bits per heavy atom. The monoisotopic (exact) mass is 260 g/mol. The predicted molar refractivity (Wildman–Crippen MR) is 81.4 cm³/mol. The summed E-state index contributed by atoms with van der Waals surface area (Å²) in [7, 11) is 0. The zero-order valence-corrected chi connectivity index (χ0v) is 11.3. The number of hydrogen-bond acceptors (Lipinski definition) is 1. The van der Waals surface area contributed by atoms with Crippen molar-refractivity contribution in [2.24, 2.45) is 0 Å². The SMILES string of the molecule is N#CCc1cn(CCc2ccccc2)c2ccccc12. The molecular formula is C18H16N2. The van der Waals surface area contributed by atoms with Crippen LogP contribution in [0.15, 0.2) is 60.8 Å². The van der Waals surface area contributed by atoms with Crippen molar-refractivity contribution in [1.29, 1.82) is 5.26 Å². The third-order valence-corrected chi connectivity index (χ3v) is 3.62. The summed E-state index contributed by atoms with van der Waals surface area (Å²) in [5, 5.41) is 10.1. The Morgan fingerprint density at radius 3 is 2.50 bits per heavy atom. The molecule has 0 N–H and O–H groups in total. The molecule has 20 heavy (non-hydrogen) atoms. The number of fused-ring (bicyclic) bond motifs is 1. The van der Waals surface area contributed by atoms with Crippen LogP contribution < -0.4 is 0 Å². The third-order valence-electron chi connectivity index (χ3n) is 3.62. The van der Waals surface area contributed by atoms with E-state index in [9.17, 15) is 0 Å². The number of nitrogens with zero attached hydrogens (tertiary/aromatic N) is 2. The first-order valence-corrected chi connectivity index (χ1v) is 6.86. The Balaban J connectivity index is 1.90. The van der Waals surface area contributed by atoms with E-state index in [-0.39, 0.29) is 0 Å². The molecule has 0 unspecified atom stereocenters. The summed E-state index contributed by atoms with van der Waals surface area (Å²) in [6.45, 7) is 0.940. The molecule has 0 amide bonds. The van der Waals surface area contributed by atoms with Crippen LogP contribution in [0, 0.1) is 11.3 Å². The summed E-state index contributed by atoms with van der Waals surface area (Å²) in [5.74, 6) is 0. The van der Waals surface area contributed by atoms with Crippen LogP contribution >= 0.6 is 0 Å². The van der Waals surface area contributed by atoms with E-state index in [1.165, 1.54) is 16.5 Å². The van der Waals surface area contributed by atoms with Crippen molar-refractivity contribution in [2.75, 3.05) is 0 Å². The first kappa shape index (κ1) is 12.5. The fourth-order valence-corrected chi connectivity index (χ4v) is 2.63. The van der Waals surface area contributed by atoms with Crippen molar-refractivity contribution >= 4 is 10.9 Å². The summed E-state index contributed by atoms with van der Waals surface area (Å²) in [5.41, 5.74) is 3.68. The van der Waals surface area contributed by atoms with Gasteiger partial charge in [0, 0.05) is 23.6 Å². The molecule has 0 atom stereocenters. The number of para-hydroxylation sites is 1. The van der Waals surface area contributed by atoms with Gasteiger partial charge >= 0.3 is 0 Å². The first-order valence-electron chi connectivity index (χ1n) is 6.86. The molecule has 0 saturated heterocycles. The third kappa shape index (κ3) is 2.44. The van der Waals surface area contributed by atoms with Gasteiger partial charge < -0.3 is 4.57 Å². The minimum absolute atomic E-state index is 0.471. The number of benzene rings is 2. The molecule has 0 saturated carbocycles. The molecule has 2 aromatic carbocycles. The van der Waals surface area contributed by atoms with Crippen LogP contribution in [-0.2, 0) is 19.4 Å². The molecule has 1 heterocycles. The Morgan fingerprint density at radius 1 is 0.950 bits per heavy atom. The molecule has 0 radical (unpaired) electrons. The molecule has 0 fully saturated rings. The van der Waals surface area contributed by atoms with Crippen LogP contribution in [0.25, 0.3) is 10.9 Å². The highest BCUT2D eigenvalue weighted by atomic mass is 15.0. The Hall–Kier alpha value is -2.53. The van der Waals surface area contributed by atoms with Crippen molar-refractivity contribution in [3.63, 3.8) is 0 Å². The second-order valence-electron chi connectivity index (χ2n) is 4.94. The standard InChI is InChI=1S/C18H16N2/c19-12-10-16-14-20(18-9-5-4-8-17(16)18)13-11-15-6-2-1-3-7-15/h1-9,14H,10-11,13H2. The molecule has 98 valence electrons. The average Bonchev–Trinajstić information content (AvgIpc) is 2.85. The smallest absolute Gasteiger partial charge is 0.0670 e. The second-order valence-corrected chi connectivity index (χ2v) is 4.94. The van der Waals surface area contributed by atoms with Crippen molar-refractivity contribution in [3.05, 3.63) is 71.9 Å². The molecule has 1 aromatic heterocycles. The van der Waals surface area contributed by atoms with E-state index < -0.39 is 0 Å². The number of nitriles is 1. The molecule has 0 aliphatic rings. The lowest BCUT2D eigenvalue weighted by atomic mass is 10.1. The van der Waals surface area contributed by atoms with Crippen LogP contribution in [0.1, 0.15) is 11.1 Å². The van der Waals surface area contributed by atoms with Gasteiger partial charge in [-0.25, -0.2) is 0 Å². The van der Waals surface area contributed by atoms with Crippen LogP contribution in [-0.4, -0.2) is 4.57 Å². The van der Waals surface area contributed by atoms with Crippen LogP contribution in [0.4, 0.5) is 0 Å². The van der Waals surface area contributed by atoms with Gasteiger partial charge in [-0.2, -0.15) is 5.26 Å². The average molecular weight is 260 g/mol. The van der Waals surface area contributed by atoms with Gasteiger partial charge in [0.1, 0.15) is 0 Å². The molecule has 2 nitrogen and oxygen atoms in total. The molecule has 3 aromatic rings. The normalized spacial score (nSPS) is 10.6. The highest BCUT2D eigenvalue weighted by Gasteiger charge is 2.07. The molecular weight excluding hydrogens is 244 g/mol. The zero-order valence-electron chi connectivity index (χ0n) is 11.3. The number of aryl methyl sites for hydroxylation is 2. The lowest BCUT2D eigenvalue weighted by Gasteiger charge is -2.05. The van der Waals surface area contributed by atoms with E-state index in [4.69, 9.17) is 5.26 Å². The highest BCUT2D eigenvalue weighted by molar-refractivity contribution is 5.84. The van der Waals surface area contributed by atoms with Crippen molar-refractivity contribution in [3.8, 4) is 6.07 Å². The topological polar surface area (TPSA) is 28.7 Å². The van der Waals surface area contributed by atoms with E-state index >= 15 is 0 Å². The van der Waals surface area contributed by atoms with Gasteiger partial charge in [0.05, 0.1) is 12.5 Å². The zero-order chi connectivity index (χ0) is 13.8. The maximum atomic E-state index is 8.94. The summed E-state index contributed by atoms with van der Waals surface area (Å²) in [6.07, 6.45) is 3.60. The van der Waals surface area contributed by atoms with E-state index in [0.717, 1.165) is 18.5 Å². The van der Waals surface area contributed by atoms with Gasteiger partial charge in [-0.1, -0.05) is 48.5 Å². The minimum atomic E-state index is 0.471. The molecule has 0 bridgehead atoms. The summed E-state index contributed by atoms with van der Waals surface area (Å²) in [4.78, 5) is 0. The lowest BCUT2D eigenvalue weighted by Crippen LogP contribution is -1.99. The molecule has 2 heteroatoms. The molecule has 0 aliphatic heterocycles. The predicted octanol–water partition coefficient (Wildman–Crippen LogP) is 3.95. The molecule has 0 aliphatic carbocycles. The van der Waals surface area contributed by atoms with Crippen LogP contribution in [0.3, 0.4) is 0 Å².